The maximum absolute atomic E-state index is 12.4. The van der Waals surface area contributed by atoms with Gasteiger partial charge in [-0.05, 0) is 51.7 Å². The number of amides is 2. The number of hydrogen-bond acceptors (Lipinski definition) is 6. The van der Waals surface area contributed by atoms with Crippen molar-refractivity contribution in [2.45, 2.75) is 90.0 Å². The van der Waals surface area contributed by atoms with Crippen molar-refractivity contribution >= 4 is 20.5 Å². The second kappa shape index (κ2) is 6.80. The quantitative estimate of drug-likeness (QED) is 0.659. The fraction of sp³-hybridized carbons (Fsp3) is 0.889. The molecule has 26 heavy (non-hydrogen) atoms. The van der Waals surface area contributed by atoms with Crippen molar-refractivity contribution in [1.82, 2.24) is 4.90 Å². The molecule has 0 radical (unpaired) electrons. The monoisotopic (exact) mass is 387 g/mol. The standard InChI is InChI=1S/C18H33NO6Si/c1-16(2,3)23-14(20)19-12-18(24-15(19)21)13(10-9-11-22-18)25-26(7,8)17(4,5)6/h13H,9-12H2,1-8H3/t13-,18-/m0/s1. The highest BCUT2D eigenvalue weighted by Gasteiger charge is 2.58. The van der Waals surface area contributed by atoms with Crippen LogP contribution in [0.4, 0.5) is 9.59 Å². The molecule has 0 N–H and O–H groups in total. The largest absolute Gasteiger partial charge is 0.443 e. The lowest BCUT2D eigenvalue weighted by atomic mass is 10.0. The Bertz CT molecular complexity index is 565. The molecule has 2 aliphatic heterocycles. The van der Waals surface area contributed by atoms with Crippen LogP contribution in [0.2, 0.25) is 18.1 Å². The van der Waals surface area contributed by atoms with Crippen LogP contribution in [0.25, 0.3) is 0 Å². The topological polar surface area (TPSA) is 74.3 Å². The van der Waals surface area contributed by atoms with Gasteiger partial charge < -0.3 is 18.6 Å². The van der Waals surface area contributed by atoms with Crippen LogP contribution in [0.5, 0.6) is 0 Å². The lowest BCUT2D eigenvalue weighted by molar-refractivity contribution is -0.249. The number of ether oxygens (including phenoxy) is 3. The van der Waals surface area contributed by atoms with Gasteiger partial charge in [-0.3, -0.25) is 0 Å². The van der Waals surface area contributed by atoms with E-state index in [4.69, 9.17) is 18.6 Å². The van der Waals surface area contributed by atoms with Crippen molar-refractivity contribution in [3.63, 3.8) is 0 Å². The minimum Gasteiger partial charge on any atom is -0.443 e. The minimum absolute atomic E-state index is 0.0130. The van der Waals surface area contributed by atoms with Crippen molar-refractivity contribution in [3.8, 4) is 0 Å². The minimum atomic E-state index is -2.10. The lowest BCUT2D eigenvalue weighted by Crippen LogP contribution is -2.57. The van der Waals surface area contributed by atoms with Crippen LogP contribution in [0.1, 0.15) is 54.4 Å². The molecule has 0 aromatic heterocycles. The third kappa shape index (κ3) is 4.40. The van der Waals surface area contributed by atoms with Crippen molar-refractivity contribution in [2.75, 3.05) is 13.2 Å². The van der Waals surface area contributed by atoms with E-state index in [1.807, 2.05) is 0 Å². The lowest BCUT2D eigenvalue weighted by Gasteiger charge is -2.45. The van der Waals surface area contributed by atoms with Gasteiger partial charge >= 0.3 is 12.2 Å². The third-order valence-electron chi connectivity index (χ3n) is 5.16. The number of hydrogen-bond donors (Lipinski definition) is 0. The van der Waals surface area contributed by atoms with Gasteiger partial charge in [-0.2, -0.15) is 0 Å². The molecular weight excluding hydrogens is 354 g/mol. The SMILES string of the molecule is CC(C)(C)OC(=O)N1C[C@]2(OCCC[C@@H]2O[Si](C)(C)C(C)(C)C)OC1=O. The van der Waals surface area contributed by atoms with Gasteiger partial charge in [0, 0.05) is 0 Å². The van der Waals surface area contributed by atoms with Gasteiger partial charge in [0.05, 0.1) is 6.61 Å². The molecule has 150 valence electrons. The van der Waals surface area contributed by atoms with Gasteiger partial charge in [0.15, 0.2) is 8.32 Å². The Hall–Kier alpha value is -1.12. The summed E-state index contributed by atoms with van der Waals surface area (Å²) in [5, 5.41) is 0.0130. The Labute approximate surface area is 157 Å². The van der Waals surface area contributed by atoms with Gasteiger partial charge in [-0.25, -0.2) is 14.5 Å². The predicted octanol–water partition coefficient (Wildman–Crippen LogP) is 4.27. The molecule has 0 bridgehead atoms. The van der Waals surface area contributed by atoms with Gasteiger partial charge in [0.1, 0.15) is 18.2 Å². The first kappa shape index (κ1) is 21.2. The first-order valence-electron chi connectivity index (χ1n) is 9.22. The molecule has 0 unspecified atom stereocenters. The van der Waals surface area contributed by atoms with Gasteiger partial charge in [0.25, 0.3) is 5.79 Å². The van der Waals surface area contributed by atoms with E-state index in [-0.39, 0.29) is 11.6 Å². The second-order valence-corrected chi connectivity index (χ2v) is 14.4. The van der Waals surface area contributed by atoms with Crippen molar-refractivity contribution in [3.05, 3.63) is 0 Å². The molecule has 2 heterocycles. The molecular formula is C18H33NO6Si. The molecule has 7 nitrogen and oxygen atoms in total. The van der Waals surface area contributed by atoms with Crippen LogP contribution in [0.3, 0.4) is 0 Å². The summed E-state index contributed by atoms with van der Waals surface area (Å²) < 4.78 is 23.3. The van der Waals surface area contributed by atoms with Crippen molar-refractivity contribution in [2.24, 2.45) is 0 Å². The van der Waals surface area contributed by atoms with E-state index in [1.54, 1.807) is 20.8 Å². The van der Waals surface area contributed by atoms with Crippen LogP contribution >= 0.6 is 0 Å². The molecule has 2 amide bonds. The van der Waals surface area contributed by atoms with Crippen LogP contribution in [0.15, 0.2) is 0 Å². The van der Waals surface area contributed by atoms with Gasteiger partial charge in [0.2, 0.25) is 0 Å². The Balaban J connectivity index is 2.20. The van der Waals surface area contributed by atoms with E-state index in [9.17, 15) is 9.59 Å². The zero-order valence-electron chi connectivity index (χ0n) is 17.3. The number of imide groups is 1. The van der Waals surface area contributed by atoms with Crippen LogP contribution < -0.4 is 0 Å². The molecule has 8 heteroatoms. The highest BCUT2D eigenvalue weighted by atomic mass is 28.4. The van der Waals surface area contributed by atoms with Crippen molar-refractivity contribution in [1.29, 1.82) is 0 Å². The molecule has 2 fully saturated rings. The summed E-state index contributed by atoms with van der Waals surface area (Å²) in [6.07, 6.45) is -0.314. The zero-order valence-corrected chi connectivity index (χ0v) is 18.3. The third-order valence-corrected chi connectivity index (χ3v) is 9.65. The van der Waals surface area contributed by atoms with Crippen molar-refractivity contribution < 1.29 is 28.2 Å². The number of rotatable bonds is 2. The van der Waals surface area contributed by atoms with Crippen LogP contribution in [-0.2, 0) is 18.6 Å². The fourth-order valence-electron chi connectivity index (χ4n) is 2.73. The first-order chi connectivity index (χ1) is 11.7. The van der Waals surface area contributed by atoms with Gasteiger partial charge in [-0.15, -0.1) is 0 Å². The number of nitrogens with zero attached hydrogens (tertiary/aromatic N) is 1. The highest BCUT2D eigenvalue weighted by molar-refractivity contribution is 6.74. The molecule has 0 saturated carbocycles. The summed E-state index contributed by atoms with van der Waals surface area (Å²) in [7, 11) is -2.10. The molecule has 2 saturated heterocycles. The molecule has 2 aliphatic rings. The molecule has 0 aromatic rings. The molecule has 2 rings (SSSR count). The Kier molecular flexibility index (Phi) is 5.54. The van der Waals surface area contributed by atoms with E-state index in [1.165, 1.54) is 0 Å². The zero-order chi connectivity index (χ0) is 20.0. The highest BCUT2D eigenvalue weighted by Crippen LogP contribution is 2.42. The average molecular weight is 388 g/mol. The van der Waals surface area contributed by atoms with Gasteiger partial charge in [-0.1, -0.05) is 20.8 Å². The van der Waals surface area contributed by atoms with Crippen LogP contribution in [0, 0.1) is 0 Å². The van der Waals surface area contributed by atoms with E-state index < -0.39 is 38.0 Å². The predicted molar refractivity (Wildman–Crippen MR) is 99.4 cm³/mol. The Morgan fingerprint density at radius 2 is 1.85 bits per heavy atom. The maximum Gasteiger partial charge on any atom is 0.422 e. The van der Waals surface area contributed by atoms with E-state index in [2.05, 4.69) is 33.9 Å². The average Bonchev–Trinajstić information content (AvgIpc) is 2.76. The summed E-state index contributed by atoms with van der Waals surface area (Å²) in [6, 6.07) is 0. The summed E-state index contributed by atoms with van der Waals surface area (Å²) in [5.41, 5.74) is -0.697. The second-order valence-electron chi connectivity index (χ2n) is 9.60. The smallest absolute Gasteiger partial charge is 0.422 e. The fourth-order valence-corrected chi connectivity index (χ4v) is 4.09. The van der Waals surface area contributed by atoms with E-state index >= 15 is 0 Å². The summed E-state index contributed by atoms with van der Waals surface area (Å²) in [4.78, 5) is 25.7. The molecule has 0 aliphatic carbocycles. The van der Waals surface area contributed by atoms with E-state index in [0.717, 1.165) is 17.7 Å². The Morgan fingerprint density at radius 3 is 2.38 bits per heavy atom. The maximum atomic E-state index is 12.4. The van der Waals surface area contributed by atoms with Crippen LogP contribution in [-0.4, -0.2) is 56.0 Å². The van der Waals surface area contributed by atoms with E-state index in [0.29, 0.717) is 6.61 Å². The molecule has 1 spiro atoms. The summed E-state index contributed by atoms with van der Waals surface area (Å²) >= 11 is 0. The molecule has 0 aromatic carbocycles. The summed E-state index contributed by atoms with van der Waals surface area (Å²) in [6.45, 7) is 16.5. The summed E-state index contributed by atoms with van der Waals surface area (Å²) in [5.74, 6) is -1.25. The number of carbonyl (C=O) groups is 2. The normalized spacial score (nSPS) is 27.6. The molecule has 2 atom stereocenters. The Morgan fingerprint density at radius 1 is 1.23 bits per heavy atom. The first-order valence-corrected chi connectivity index (χ1v) is 12.1. The number of carbonyl (C=O) groups excluding carboxylic acids is 2.